The van der Waals surface area contributed by atoms with E-state index in [1.807, 2.05) is 54.6 Å². The number of hydrogen-bond donors (Lipinski definition) is 2. The van der Waals surface area contributed by atoms with E-state index in [2.05, 4.69) is 10.6 Å². The second-order valence-corrected chi connectivity index (χ2v) is 7.29. The van der Waals surface area contributed by atoms with E-state index in [9.17, 15) is 9.59 Å². The highest BCUT2D eigenvalue weighted by atomic mass is 16.6. The van der Waals surface area contributed by atoms with E-state index in [0.29, 0.717) is 42.5 Å². The first-order valence-corrected chi connectivity index (χ1v) is 10.4. The molecule has 1 aliphatic heterocycles. The summed E-state index contributed by atoms with van der Waals surface area (Å²) < 4.78 is 17.0. The summed E-state index contributed by atoms with van der Waals surface area (Å²) in [5, 5.41) is 5.65. The van der Waals surface area contributed by atoms with E-state index >= 15 is 0 Å². The van der Waals surface area contributed by atoms with Crippen molar-refractivity contribution < 1.29 is 23.8 Å². The maximum Gasteiger partial charge on any atom is 0.258 e. The molecule has 2 N–H and O–H groups in total. The molecule has 0 saturated carbocycles. The van der Waals surface area contributed by atoms with Gasteiger partial charge in [-0.15, -0.1) is 0 Å². The highest BCUT2D eigenvalue weighted by molar-refractivity contribution is 5.94. The molecule has 164 valence electrons. The van der Waals surface area contributed by atoms with Crippen LogP contribution in [-0.4, -0.2) is 37.7 Å². The average Bonchev–Trinajstić information content (AvgIpc) is 2.85. The molecular formula is C25H24N2O5. The standard InChI is InChI=1S/C25H24N2O5/c28-24(26-15-21-16-31-22-11-4-5-12-23(22)32-21)17-30-20-10-6-9-19(13-20)25(29)27-14-18-7-2-1-3-8-18/h1-13,21H,14-17H2,(H,26,28)(H,27,29)/t21-/m1/s1. The minimum Gasteiger partial charge on any atom is -0.486 e. The van der Waals surface area contributed by atoms with Crippen LogP contribution in [0.1, 0.15) is 15.9 Å². The van der Waals surface area contributed by atoms with Crippen molar-refractivity contribution in [2.45, 2.75) is 12.6 Å². The average molecular weight is 432 g/mol. The number of carbonyl (C=O) groups excluding carboxylic acids is 2. The molecule has 0 saturated heterocycles. The molecule has 0 spiro atoms. The number of para-hydroxylation sites is 2. The Balaban J connectivity index is 1.21. The molecule has 1 atom stereocenters. The lowest BCUT2D eigenvalue weighted by molar-refractivity contribution is -0.123. The predicted molar refractivity (Wildman–Crippen MR) is 119 cm³/mol. The summed E-state index contributed by atoms with van der Waals surface area (Å²) in [6, 6.07) is 23.8. The van der Waals surface area contributed by atoms with Gasteiger partial charge >= 0.3 is 0 Å². The van der Waals surface area contributed by atoms with Crippen LogP contribution in [0.5, 0.6) is 17.2 Å². The van der Waals surface area contributed by atoms with Gasteiger partial charge in [-0.05, 0) is 35.9 Å². The van der Waals surface area contributed by atoms with Gasteiger partial charge in [-0.25, -0.2) is 0 Å². The molecule has 0 fully saturated rings. The molecular weight excluding hydrogens is 408 g/mol. The van der Waals surface area contributed by atoms with Crippen LogP contribution in [0.15, 0.2) is 78.9 Å². The summed E-state index contributed by atoms with van der Waals surface area (Å²) >= 11 is 0. The van der Waals surface area contributed by atoms with E-state index in [4.69, 9.17) is 14.2 Å². The molecule has 7 heteroatoms. The Morgan fingerprint density at radius 1 is 0.906 bits per heavy atom. The van der Waals surface area contributed by atoms with Crippen LogP contribution in [0.4, 0.5) is 0 Å². The van der Waals surface area contributed by atoms with Gasteiger partial charge in [0.05, 0.1) is 6.54 Å². The molecule has 0 bridgehead atoms. The molecule has 4 rings (SSSR count). The fourth-order valence-corrected chi connectivity index (χ4v) is 3.20. The van der Waals surface area contributed by atoms with Crippen molar-refractivity contribution in [1.82, 2.24) is 10.6 Å². The Morgan fingerprint density at radius 2 is 1.69 bits per heavy atom. The Morgan fingerprint density at radius 3 is 2.53 bits per heavy atom. The topological polar surface area (TPSA) is 85.9 Å². The number of fused-ring (bicyclic) bond motifs is 1. The Kier molecular flexibility index (Phi) is 6.87. The van der Waals surface area contributed by atoms with Gasteiger partial charge in [0.15, 0.2) is 18.1 Å². The predicted octanol–water partition coefficient (Wildman–Crippen LogP) is 2.95. The molecule has 7 nitrogen and oxygen atoms in total. The highest BCUT2D eigenvalue weighted by Crippen LogP contribution is 2.30. The van der Waals surface area contributed by atoms with Gasteiger partial charge in [0.25, 0.3) is 11.8 Å². The van der Waals surface area contributed by atoms with Crippen LogP contribution in [0.2, 0.25) is 0 Å². The lowest BCUT2D eigenvalue weighted by Crippen LogP contribution is -2.42. The van der Waals surface area contributed by atoms with Crippen molar-refractivity contribution in [3.05, 3.63) is 90.0 Å². The molecule has 3 aromatic rings. The van der Waals surface area contributed by atoms with Crippen LogP contribution >= 0.6 is 0 Å². The lowest BCUT2D eigenvalue weighted by atomic mass is 10.2. The number of nitrogens with one attached hydrogen (secondary N) is 2. The van der Waals surface area contributed by atoms with Gasteiger partial charge in [-0.3, -0.25) is 9.59 Å². The third-order valence-corrected chi connectivity index (χ3v) is 4.86. The fraction of sp³-hybridized carbons (Fsp3) is 0.200. The minimum absolute atomic E-state index is 0.167. The summed E-state index contributed by atoms with van der Waals surface area (Å²) in [5.41, 5.74) is 1.48. The summed E-state index contributed by atoms with van der Waals surface area (Å²) in [6.07, 6.45) is -0.273. The minimum atomic E-state index is -0.286. The molecule has 0 radical (unpaired) electrons. The Labute approximate surface area is 186 Å². The summed E-state index contributed by atoms with van der Waals surface area (Å²) in [5.74, 6) is 1.31. The van der Waals surface area contributed by atoms with Crippen molar-refractivity contribution in [3.8, 4) is 17.2 Å². The van der Waals surface area contributed by atoms with Crippen LogP contribution in [0, 0.1) is 0 Å². The second kappa shape index (κ2) is 10.3. The van der Waals surface area contributed by atoms with Gasteiger partial charge < -0.3 is 24.8 Å². The Bertz CT molecular complexity index is 1070. The van der Waals surface area contributed by atoms with E-state index in [1.165, 1.54) is 0 Å². The largest absolute Gasteiger partial charge is 0.486 e. The van der Waals surface area contributed by atoms with Gasteiger partial charge in [0.1, 0.15) is 18.5 Å². The van der Waals surface area contributed by atoms with Crippen molar-refractivity contribution in [3.63, 3.8) is 0 Å². The van der Waals surface area contributed by atoms with E-state index in [1.54, 1.807) is 24.3 Å². The molecule has 0 unspecified atom stereocenters. The smallest absolute Gasteiger partial charge is 0.258 e. The third kappa shape index (κ3) is 5.78. The van der Waals surface area contributed by atoms with Crippen molar-refractivity contribution in [2.24, 2.45) is 0 Å². The zero-order valence-corrected chi connectivity index (χ0v) is 17.5. The first kappa shape index (κ1) is 21.2. The van der Waals surface area contributed by atoms with Gasteiger partial charge in [-0.2, -0.15) is 0 Å². The number of benzene rings is 3. The maximum atomic E-state index is 12.4. The zero-order chi connectivity index (χ0) is 22.2. The lowest BCUT2D eigenvalue weighted by Gasteiger charge is -2.26. The Hall–Kier alpha value is -4.00. The van der Waals surface area contributed by atoms with E-state index < -0.39 is 0 Å². The number of ether oxygens (including phenoxy) is 3. The number of amides is 2. The summed E-state index contributed by atoms with van der Waals surface area (Å²) in [7, 11) is 0. The molecule has 3 aromatic carbocycles. The molecule has 2 amide bonds. The van der Waals surface area contributed by atoms with Crippen molar-refractivity contribution in [1.29, 1.82) is 0 Å². The van der Waals surface area contributed by atoms with Crippen molar-refractivity contribution >= 4 is 11.8 Å². The fourth-order valence-electron chi connectivity index (χ4n) is 3.20. The first-order chi connectivity index (χ1) is 15.7. The van der Waals surface area contributed by atoms with Crippen molar-refractivity contribution in [2.75, 3.05) is 19.8 Å². The second-order valence-electron chi connectivity index (χ2n) is 7.29. The number of rotatable bonds is 8. The van der Waals surface area contributed by atoms with Crippen LogP contribution < -0.4 is 24.8 Å². The monoisotopic (exact) mass is 432 g/mol. The van der Waals surface area contributed by atoms with E-state index in [-0.39, 0.29) is 24.5 Å². The SMILES string of the molecule is O=C(COc1cccc(C(=O)NCc2ccccc2)c1)NC[C@@H]1COc2ccccc2O1. The summed E-state index contributed by atoms with van der Waals surface area (Å²) in [6.45, 7) is 0.931. The normalized spacial score (nSPS) is 14.3. The van der Waals surface area contributed by atoms with Crippen LogP contribution in [-0.2, 0) is 11.3 Å². The number of carbonyl (C=O) groups is 2. The van der Waals surface area contributed by atoms with Gasteiger partial charge in [0.2, 0.25) is 0 Å². The molecule has 0 aliphatic carbocycles. The third-order valence-electron chi connectivity index (χ3n) is 4.86. The van der Waals surface area contributed by atoms with Gasteiger partial charge in [-0.1, -0.05) is 48.5 Å². The number of hydrogen-bond acceptors (Lipinski definition) is 5. The summed E-state index contributed by atoms with van der Waals surface area (Å²) in [4.78, 5) is 24.6. The quantitative estimate of drug-likeness (QED) is 0.572. The molecule has 32 heavy (non-hydrogen) atoms. The zero-order valence-electron chi connectivity index (χ0n) is 17.5. The van der Waals surface area contributed by atoms with Crippen LogP contribution in [0.3, 0.4) is 0 Å². The molecule has 1 heterocycles. The van der Waals surface area contributed by atoms with Crippen LogP contribution in [0.25, 0.3) is 0 Å². The maximum absolute atomic E-state index is 12.4. The highest BCUT2D eigenvalue weighted by Gasteiger charge is 2.21. The molecule has 1 aliphatic rings. The molecule has 0 aromatic heterocycles. The van der Waals surface area contributed by atoms with Gasteiger partial charge in [0, 0.05) is 12.1 Å². The first-order valence-electron chi connectivity index (χ1n) is 10.4. The van der Waals surface area contributed by atoms with E-state index in [0.717, 1.165) is 5.56 Å².